The van der Waals surface area contributed by atoms with Crippen LogP contribution in [-0.2, 0) is 20.8 Å². The number of aromatic amines is 1. The maximum atomic E-state index is 12.8. The Labute approximate surface area is 159 Å². The van der Waals surface area contributed by atoms with Crippen LogP contribution in [0.5, 0.6) is 0 Å². The van der Waals surface area contributed by atoms with Gasteiger partial charge in [-0.1, -0.05) is 32.0 Å². The van der Waals surface area contributed by atoms with Gasteiger partial charge in [-0.15, -0.1) is 0 Å². The van der Waals surface area contributed by atoms with E-state index in [1.807, 2.05) is 44.3 Å². The van der Waals surface area contributed by atoms with Crippen molar-refractivity contribution >= 4 is 28.5 Å². The highest BCUT2D eigenvalue weighted by atomic mass is 16.2. The molecule has 1 aromatic carbocycles. The van der Waals surface area contributed by atoms with Crippen molar-refractivity contribution in [3.63, 3.8) is 0 Å². The molecule has 0 bridgehead atoms. The van der Waals surface area contributed by atoms with Crippen molar-refractivity contribution in [1.29, 1.82) is 0 Å². The molecule has 0 aliphatic carbocycles. The number of amides is 2. The van der Waals surface area contributed by atoms with Gasteiger partial charge in [0.1, 0.15) is 6.04 Å². The molecule has 1 aromatic heterocycles. The van der Waals surface area contributed by atoms with Gasteiger partial charge in [-0.2, -0.15) is 0 Å². The number of aromatic nitrogens is 1. The Bertz CT molecular complexity index is 855. The minimum Gasteiger partial charge on any atom is -0.361 e. The van der Waals surface area contributed by atoms with E-state index >= 15 is 0 Å². The van der Waals surface area contributed by atoms with Gasteiger partial charge in [0.05, 0.1) is 6.04 Å². The van der Waals surface area contributed by atoms with Gasteiger partial charge in [-0.25, -0.2) is 0 Å². The van der Waals surface area contributed by atoms with E-state index in [2.05, 4.69) is 10.3 Å². The number of rotatable bonds is 6. The average molecular weight is 369 g/mol. The predicted octanol–water partition coefficient (Wildman–Crippen LogP) is 2.43. The number of fused-ring (bicyclic) bond motifs is 1. The van der Waals surface area contributed by atoms with E-state index in [1.165, 1.54) is 6.92 Å². The zero-order valence-electron chi connectivity index (χ0n) is 16.1. The second kappa shape index (κ2) is 7.94. The van der Waals surface area contributed by atoms with Crippen LogP contribution in [0.15, 0.2) is 30.5 Å². The van der Waals surface area contributed by atoms with Gasteiger partial charge in [0, 0.05) is 36.0 Å². The van der Waals surface area contributed by atoms with Crippen LogP contribution < -0.4 is 5.32 Å². The molecule has 27 heavy (non-hydrogen) atoms. The topological polar surface area (TPSA) is 82.3 Å². The molecule has 6 heteroatoms. The normalized spacial score (nSPS) is 18.1. The first kappa shape index (κ1) is 19.1. The zero-order chi connectivity index (χ0) is 19.6. The number of benzene rings is 1. The van der Waals surface area contributed by atoms with Crippen LogP contribution in [0, 0.1) is 5.92 Å². The number of H-pyrrole nitrogens is 1. The second-order valence-electron chi connectivity index (χ2n) is 7.58. The van der Waals surface area contributed by atoms with Crippen molar-refractivity contribution in [3.8, 4) is 0 Å². The molecule has 2 heterocycles. The highest BCUT2D eigenvalue weighted by molar-refractivity contribution is 5.93. The van der Waals surface area contributed by atoms with Crippen LogP contribution >= 0.6 is 0 Å². The highest BCUT2D eigenvalue weighted by Gasteiger charge is 2.36. The molecule has 2 amide bonds. The third kappa shape index (κ3) is 4.04. The number of nitrogens with one attached hydrogen (secondary N) is 2. The molecule has 6 nitrogen and oxygen atoms in total. The van der Waals surface area contributed by atoms with E-state index in [0.717, 1.165) is 22.9 Å². The van der Waals surface area contributed by atoms with Crippen LogP contribution in [0.2, 0.25) is 0 Å². The van der Waals surface area contributed by atoms with E-state index in [9.17, 15) is 14.4 Å². The molecule has 0 saturated carbocycles. The van der Waals surface area contributed by atoms with Gasteiger partial charge in [0.25, 0.3) is 0 Å². The van der Waals surface area contributed by atoms with E-state index in [1.54, 1.807) is 4.90 Å². The molecular weight excluding hydrogens is 342 g/mol. The maximum absolute atomic E-state index is 12.8. The number of Topliss-reactive ketones (excluding diaryl/α,β-unsaturated/α-hetero) is 1. The summed E-state index contributed by atoms with van der Waals surface area (Å²) in [5.41, 5.74) is 2.00. The second-order valence-corrected chi connectivity index (χ2v) is 7.58. The highest BCUT2D eigenvalue weighted by Crippen LogP contribution is 2.22. The van der Waals surface area contributed by atoms with Crippen LogP contribution in [0.4, 0.5) is 0 Å². The Morgan fingerprint density at radius 1 is 1.26 bits per heavy atom. The van der Waals surface area contributed by atoms with Crippen molar-refractivity contribution in [2.75, 3.05) is 6.54 Å². The minimum atomic E-state index is -0.603. The fourth-order valence-corrected chi connectivity index (χ4v) is 3.72. The van der Waals surface area contributed by atoms with Crippen molar-refractivity contribution in [3.05, 3.63) is 36.0 Å². The predicted molar refractivity (Wildman–Crippen MR) is 104 cm³/mol. The lowest BCUT2D eigenvalue weighted by Gasteiger charge is -2.27. The minimum absolute atomic E-state index is 0.0105. The Kier molecular flexibility index (Phi) is 5.63. The summed E-state index contributed by atoms with van der Waals surface area (Å²) in [5.74, 6) is -0.480. The molecule has 1 fully saturated rings. The Morgan fingerprint density at radius 3 is 2.70 bits per heavy atom. The van der Waals surface area contributed by atoms with Crippen LogP contribution in [-0.4, -0.2) is 46.1 Å². The Morgan fingerprint density at radius 2 is 2.00 bits per heavy atom. The SMILES string of the molecule is CC(=O)C(Cc1c[nH]c2ccccc12)NC(=O)C1CCCN1C(=O)C(C)C. The van der Waals surface area contributed by atoms with Crippen LogP contribution in [0.1, 0.15) is 39.2 Å². The van der Waals surface area contributed by atoms with E-state index in [4.69, 9.17) is 0 Å². The molecule has 2 N–H and O–H groups in total. The van der Waals surface area contributed by atoms with Gasteiger partial charge >= 0.3 is 0 Å². The fourth-order valence-electron chi connectivity index (χ4n) is 3.72. The van der Waals surface area contributed by atoms with Gasteiger partial charge in [-0.05, 0) is 31.4 Å². The third-order valence-corrected chi connectivity index (χ3v) is 5.24. The Balaban J connectivity index is 1.73. The molecule has 0 radical (unpaired) electrons. The molecule has 1 aliphatic heterocycles. The molecule has 144 valence electrons. The summed E-state index contributed by atoms with van der Waals surface area (Å²) in [6.45, 7) is 5.77. The lowest BCUT2D eigenvalue weighted by molar-refractivity contribution is -0.141. The van der Waals surface area contributed by atoms with Crippen LogP contribution in [0.25, 0.3) is 10.9 Å². The number of likely N-dealkylation sites (tertiary alicyclic amines) is 1. The largest absolute Gasteiger partial charge is 0.361 e. The molecule has 1 saturated heterocycles. The summed E-state index contributed by atoms with van der Waals surface area (Å²) >= 11 is 0. The van der Waals surface area contributed by atoms with Crippen LogP contribution in [0.3, 0.4) is 0 Å². The first-order valence-electron chi connectivity index (χ1n) is 9.54. The maximum Gasteiger partial charge on any atom is 0.243 e. The number of ketones is 1. The van der Waals surface area contributed by atoms with E-state index < -0.39 is 12.1 Å². The standard InChI is InChI=1S/C21H27N3O3/c1-13(2)21(27)24-10-6-9-19(24)20(26)23-18(14(3)25)11-15-12-22-17-8-5-4-7-16(15)17/h4-5,7-8,12-13,18-19,22H,6,9-11H2,1-3H3,(H,23,26). The number of hydrogen-bond donors (Lipinski definition) is 2. The quantitative estimate of drug-likeness (QED) is 0.820. The summed E-state index contributed by atoms with van der Waals surface area (Å²) in [4.78, 5) is 42.2. The smallest absolute Gasteiger partial charge is 0.243 e. The summed E-state index contributed by atoms with van der Waals surface area (Å²) < 4.78 is 0. The molecule has 2 aromatic rings. The van der Waals surface area contributed by atoms with Gasteiger partial charge < -0.3 is 15.2 Å². The fraction of sp³-hybridized carbons (Fsp3) is 0.476. The number of carbonyl (C=O) groups is 3. The number of nitrogens with zero attached hydrogens (tertiary/aromatic N) is 1. The van der Waals surface area contributed by atoms with E-state index in [0.29, 0.717) is 19.4 Å². The number of carbonyl (C=O) groups excluding carboxylic acids is 3. The lowest BCUT2D eigenvalue weighted by atomic mass is 10.0. The molecule has 2 atom stereocenters. The molecular formula is C21H27N3O3. The monoisotopic (exact) mass is 369 g/mol. The third-order valence-electron chi connectivity index (χ3n) is 5.24. The van der Waals surface area contributed by atoms with E-state index in [-0.39, 0.29) is 23.5 Å². The lowest BCUT2D eigenvalue weighted by Crippen LogP contribution is -2.51. The molecule has 2 unspecified atom stereocenters. The summed E-state index contributed by atoms with van der Waals surface area (Å²) in [6.07, 6.45) is 3.76. The van der Waals surface area contributed by atoms with Crippen molar-refractivity contribution in [1.82, 2.24) is 15.2 Å². The average Bonchev–Trinajstić information content (AvgIpc) is 3.27. The number of hydrogen-bond acceptors (Lipinski definition) is 3. The summed E-state index contributed by atoms with van der Waals surface area (Å²) in [7, 11) is 0. The van der Waals surface area contributed by atoms with Gasteiger partial charge in [-0.3, -0.25) is 14.4 Å². The summed E-state index contributed by atoms with van der Waals surface area (Å²) in [6, 6.07) is 6.80. The Hall–Kier alpha value is -2.63. The van der Waals surface area contributed by atoms with Gasteiger partial charge in [0.2, 0.25) is 11.8 Å². The van der Waals surface area contributed by atoms with Crippen molar-refractivity contribution in [2.24, 2.45) is 5.92 Å². The summed E-state index contributed by atoms with van der Waals surface area (Å²) in [5, 5.41) is 3.94. The van der Waals surface area contributed by atoms with Crippen molar-refractivity contribution in [2.45, 2.75) is 52.1 Å². The zero-order valence-corrected chi connectivity index (χ0v) is 16.1. The number of para-hydroxylation sites is 1. The first-order valence-corrected chi connectivity index (χ1v) is 9.54. The van der Waals surface area contributed by atoms with Crippen molar-refractivity contribution < 1.29 is 14.4 Å². The molecule has 0 spiro atoms. The molecule has 1 aliphatic rings. The van der Waals surface area contributed by atoms with Gasteiger partial charge in [0.15, 0.2) is 5.78 Å². The first-order chi connectivity index (χ1) is 12.9. The molecule has 3 rings (SSSR count).